The number of carbonyl (C=O) groups excluding carboxylic acids is 1. The van der Waals surface area contributed by atoms with Gasteiger partial charge in [0.1, 0.15) is 0 Å². The van der Waals surface area contributed by atoms with Gasteiger partial charge < -0.3 is 15.7 Å². The van der Waals surface area contributed by atoms with Crippen LogP contribution >= 0.6 is 15.9 Å². The van der Waals surface area contributed by atoms with Gasteiger partial charge in [0.2, 0.25) is 0 Å². The van der Waals surface area contributed by atoms with Crippen molar-refractivity contribution < 1.29 is 14.7 Å². The lowest BCUT2D eigenvalue weighted by atomic mass is 9.85. The van der Waals surface area contributed by atoms with Gasteiger partial charge in [0.05, 0.1) is 18.4 Å². The fraction of sp³-hybridized carbons (Fsp3) is 0.562. The van der Waals surface area contributed by atoms with E-state index < -0.39 is 5.97 Å². The fourth-order valence-electron chi connectivity index (χ4n) is 2.99. The van der Waals surface area contributed by atoms with Crippen LogP contribution < -0.4 is 10.6 Å². The molecule has 3 N–H and O–H groups in total. The van der Waals surface area contributed by atoms with Crippen LogP contribution in [-0.2, 0) is 4.79 Å². The first-order valence-electron chi connectivity index (χ1n) is 8.13. The van der Waals surface area contributed by atoms with E-state index in [1.165, 1.54) is 12.8 Å². The predicted molar refractivity (Wildman–Crippen MR) is 92.8 cm³/mol. The molecule has 3 rings (SSSR count). The summed E-state index contributed by atoms with van der Waals surface area (Å²) in [4.78, 5) is 29.1. The van der Waals surface area contributed by atoms with Crippen molar-refractivity contribution in [2.75, 3.05) is 18.4 Å². The number of carboxylic acid groups (broad SMARTS) is 1. The van der Waals surface area contributed by atoms with E-state index >= 15 is 0 Å². The lowest BCUT2D eigenvalue weighted by Gasteiger charge is -2.42. The van der Waals surface area contributed by atoms with Gasteiger partial charge in [0.25, 0.3) is 0 Å². The molecule has 1 aromatic rings. The molecule has 2 saturated carbocycles. The van der Waals surface area contributed by atoms with Crippen LogP contribution in [0.1, 0.15) is 25.7 Å². The average molecular weight is 397 g/mol. The second kappa shape index (κ2) is 7.48. The molecule has 1 heterocycles. The Bertz CT molecular complexity index is 617. The highest BCUT2D eigenvalue weighted by atomic mass is 79.9. The van der Waals surface area contributed by atoms with Crippen molar-refractivity contribution in [1.82, 2.24) is 15.2 Å². The SMILES string of the molecule is O=C(O)CN(CC1CC1)C1CC(NC(=O)Nc2cncc(Br)c2)C1. The van der Waals surface area contributed by atoms with Gasteiger partial charge in [-0.3, -0.25) is 14.7 Å². The highest BCUT2D eigenvalue weighted by Gasteiger charge is 2.37. The van der Waals surface area contributed by atoms with Gasteiger partial charge in [0.15, 0.2) is 0 Å². The van der Waals surface area contributed by atoms with Gasteiger partial charge >= 0.3 is 12.0 Å². The van der Waals surface area contributed by atoms with Crippen molar-refractivity contribution in [3.8, 4) is 0 Å². The second-order valence-electron chi connectivity index (χ2n) is 6.58. The van der Waals surface area contributed by atoms with Gasteiger partial charge in [-0.15, -0.1) is 0 Å². The number of halogens is 1. The molecule has 130 valence electrons. The smallest absolute Gasteiger partial charge is 0.319 e. The van der Waals surface area contributed by atoms with E-state index in [-0.39, 0.29) is 24.7 Å². The third-order valence-corrected chi connectivity index (χ3v) is 4.89. The maximum absolute atomic E-state index is 12.0. The summed E-state index contributed by atoms with van der Waals surface area (Å²) in [5.74, 6) is -0.129. The number of aliphatic carboxylic acids is 1. The van der Waals surface area contributed by atoms with Crippen LogP contribution in [0.4, 0.5) is 10.5 Å². The molecule has 0 aromatic carbocycles. The molecule has 0 spiro atoms. The molecule has 2 fully saturated rings. The molecule has 1 aromatic heterocycles. The molecule has 8 heteroatoms. The van der Waals surface area contributed by atoms with Crippen molar-refractivity contribution in [1.29, 1.82) is 0 Å². The molecule has 0 aliphatic heterocycles. The lowest BCUT2D eigenvalue weighted by Crippen LogP contribution is -2.55. The number of nitrogens with zero attached hydrogens (tertiary/aromatic N) is 2. The van der Waals surface area contributed by atoms with Gasteiger partial charge in [-0.2, -0.15) is 0 Å². The fourth-order valence-corrected chi connectivity index (χ4v) is 3.35. The van der Waals surface area contributed by atoms with E-state index in [1.54, 1.807) is 18.5 Å². The van der Waals surface area contributed by atoms with E-state index in [0.29, 0.717) is 11.6 Å². The van der Waals surface area contributed by atoms with Gasteiger partial charge in [-0.1, -0.05) is 0 Å². The molecular formula is C16H21BrN4O3. The summed E-state index contributed by atoms with van der Waals surface area (Å²) in [6.45, 7) is 0.948. The Morgan fingerprint density at radius 3 is 2.71 bits per heavy atom. The van der Waals surface area contributed by atoms with Crippen LogP contribution in [0.25, 0.3) is 0 Å². The molecule has 0 unspecified atom stereocenters. The number of urea groups is 1. The Labute approximate surface area is 148 Å². The summed E-state index contributed by atoms with van der Waals surface area (Å²) in [7, 11) is 0. The van der Waals surface area contributed by atoms with E-state index in [2.05, 4.69) is 31.5 Å². The zero-order valence-electron chi connectivity index (χ0n) is 13.2. The van der Waals surface area contributed by atoms with Crippen LogP contribution in [0.2, 0.25) is 0 Å². The molecule has 24 heavy (non-hydrogen) atoms. The van der Waals surface area contributed by atoms with Gasteiger partial charge in [-0.25, -0.2) is 4.79 Å². The summed E-state index contributed by atoms with van der Waals surface area (Å²) in [5, 5.41) is 14.7. The minimum absolute atomic E-state index is 0.0871. The minimum Gasteiger partial charge on any atom is -0.480 e. The monoisotopic (exact) mass is 396 g/mol. The van der Waals surface area contributed by atoms with Gasteiger partial charge in [-0.05, 0) is 53.6 Å². The van der Waals surface area contributed by atoms with E-state index in [1.807, 2.05) is 4.90 Å². The number of aromatic nitrogens is 1. The van der Waals surface area contributed by atoms with Crippen LogP contribution in [-0.4, -0.2) is 52.2 Å². The Hall–Kier alpha value is -1.67. The Balaban J connectivity index is 1.43. The van der Waals surface area contributed by atoms with Crippen molar-refractivity contribution >= 4 is 33.6 Å². The number of amides is 2. The molecule has 7 nitrogen and oxygen atoms in total. The quantitative estimate of drug-likeness (QED) is 0.657. The van der Waals surface area contributed by atoms with Crippen LogP contribution in [0.3, 0.4) is 0 Å². The minimum atomic E-state index is -0.785. The number of pyridine rings is 1. The molecule has 0 radical (unpaired) electrons. The zero-order valence-corrected chi connectivity index (χ0v) is 14.8. The predicted octanol–water partition coefficient (Wildman–Crippen LogP) is 2.29. The number of anilines is 1. The molecule has 2 aliphatic carbocycles. The first-order chi connectivity index (χ1) is 11.5. The third-order valence-electron chi connectivity index (χ3n) is 4.46. The molecule has 0 bridgehead atoms. The largest absolute Gasteiger partial charge is 0.480 e. The summed E-state index contributed by atoms with van der Waals surface area (Å²) in [5.41, 5.74) is 0.624. The van der Waals surface area contributed by atoms with E-state index in [0.717, 1.165) is 23.9 Å². The van der Waals surface area contributed by atoms with Crippen molar-refractivity contribution in [3.05, 3.63) is 22.9 Å². The number of carboxylic acids is 1. The zero-order chi connectivity index (χ0) is 17.1. The summed E-state index contributed by atoms with van der Waals surface area (Å²) in [6, 6.07) is 1.86. The summed E-state index contributed by atoms with van der Waals surface area (Å²) < 4.78 is 0.799. The maximum Gasteiger partial charge on any atom is 0.319 e. The Morgan fingerprint density at radius 2 is 2.08 bits per heavy atom. The highest BCUT2D eigenvalue weighted by Crippen LogP contribution is 2.33. The number of nitrogens with one attached hydrogen (secondary N) is 2. The van der Waals surface area contributed by atoms with Crippen LogP contribution in [0, 0.1) is 5.92 Å². The lowest BCUT2D eigenvalue weighted by molar-refractivity contribution is -0.139. The summed E-state index contributed by atoms with van der Waals surface area (Å²) in [6.07, 6.45) is 7.23. The molecule has 2 amide bonds. The van der Waals surface area contributed by atoms with E-state index in [4.69, 9.17) is 5.11 Å². The third kappa shape index (κ3) is 4.91. The van der Waals surface area contributed by atoms with Crippen molar-refractivity contribution in [2.45, 2.75) is 37.8 Å². The first-order valence-corrected chi connectivity index (χ1v) is 8.93. The molecular weight excluding hydrogens is 376 g/mol. The van der Waals surface area contributed by atoms with E-state index in [9.17, 15) is 9.59 Å². The maximum atomic E-state index is 12.0. The number of carbonyl (C=O) groups is 2. The van der Waals surface area contributed by atoms with Crippen molar-refractivity contribution in [2.24, 2.45) is 5.92 Å². The number of hydrogen-bond acceptors (Lipinski definition) is 4. The molecule has 0 atom stereocenters. The number of hydrogen-bond donors (Lipinski definition) is 3. The first kappa shape index (κ1) is 17.2. The summed E-state index contributed by atoms with van der Waals surface area (Å²) >= 11 is 3.31. The average Bonchev–Trinajstić information content (AvgIpc) is 3.25. The normalized spacial score (nSPS) is 22.8. The van der Waals surface area contributed by atoms with Crippen LogP contribution in [0.15, 0.2) is 22.9 Å². The Morgan fingerprint density at radius 1 is 1.33 bits per heavy atom. The Kier molecular flexibility index (Phi) is 5.35. The van der Waals surface area contributed by atoms with Gasteiger partial charge in [0, 0.05) is 29.3 Å². The highest BCUT2D eigenvalue weighted by molar-refractivity contribution is 9.10. The molecule has 0 saturated heterocycles. The van der Waals surface area contributed by atoms with Crippen LogP contribution in [0.5, 0.6) is 0 Å². The second-order valence-corrected chi connectivity index (χ2v) is 7.49. The number of rotatable bonds is 7. The topological polar surface area (TPSA) is 94.6 Å². The molecule has 2 aliphatic rings. The van der Waals surface area contributed by atoms with Crippen molar-refractivity contribution in [3.63, 3.8) is 0 Å². The standard InChI is InChI=1S/C16H21BrN4O3/c17-11-3-13(7-18-6-11)20-16(24)19-12-4-14(5-12)21(9-15(22)23)8-10-1-2-10/h3,6-7,10,12,14H,1-2,4-5,8-9H2,(H,22,23)(H2,19,20,24).